The number of nitro groups is 2. The average molecular weight is 288 g/mol. The first kappa shape index (κ1) is 14.1. The van der Waals surface area contributed by atoms with E-state index >= 15 is 0 Å². The molecule has 106 valence electrons. The molecule has 9 heteroatoms. The van der Waals surface area contributed by atoms with Crippen molar-refractivity contribution < 1.29 is 14.7 Å². The molecule has 1 aromatic heterocycles. The van der Waals surface area contributed by atoms with Gasteiger partial charge in [-0.2, -0.15) is 0 Å². The molecule has 0 radical (unpaired) electrons. The van der Waals surface area contributed by atoms with Gasteiger partial charge in [0.25, 0.3) is 5.69 Å². The number of hydrogen-bond acceptors (Lipinski definition) is 7. The van der Waals surface area contributed by atoms with Gasteiger partial charge in [0.15, 0.2) is 0 Å². The normalized spacial score (nSPS) is 10.5. The van der Waals surface area contributed by atoms with Gasteiger partial charge in [-0.15, -0.1) is 0 Å². The van der Waals surface area contributed by atoms with Crippen LogP contribution in [0.1, 0.15) is 5.56 Å². The predicted octanol–water partition coefficient (Wildman–Crippen LogP) is 2.31. The number of aromatic nitrogens is 1. The van der Waals surface area contributed by atoms with E-state index in [4.69, 9.17) is 4.84 Å². The Kier molecular flexibility index (Phi) is 4.14. The molecule has 0 unspecified atom stereocenters. The second-order valence-corrected chi connectivity index (χ2v) is 3.76. The fraction of sp³-hybridized carbons (Fsp3) is 0. The maximum absolute atomic E-state index is 10.7. The molecule has 1 heterocycles. The van der Waals surface area contributed by atoms with E-state index in [1.54, 1.807) is 6.07 Å². The zero-order valence-electron chi connectivity index (χ0n) is 10.4. The highest BCUT2D eigenvalue weighted by atomic mass is 16.7. The number of non-ortho nitro benzene ring substituents is 1. The molecule has 0 saturated heterocycles. The van der Waals surface area contributed by atoms with E-state index in [-0.39, 0.29) is 17.3 Å². The van der Waals surface area contributed by atoms with Crippen LogP contribution in [-0.2, 0) is 0 Å². The molecule has 0 fully saturated rings. The molecule has 0 aliphatic rings. The van der Waals surface area contributed by atoms with E-state index in [1.165, 1.54) is 42.7 Å². The molecule has 9 nitrogen and oxygen atoms in total. The van der Waals surface area contributed by atoms with E-state index in [1.807, 2.05) is 0 Å². The number of hydrogen-bond donors (Lipinski definition) is 0. The number of nitro benzene ring substituents is 1. The SMILES string of the molecule is O=[N+]([O-])c1cccc(C=NOc2ncccc2[N+](=O)[O-])c1. The summed E-state index contributed by atoms with van der Waals surface area (Å²) in [6, 6.07) is 8.32. The molecular weight excluding hydrogens is 280 g/mol. The van der Waals surface area contributed by atoms with Gasteiger partial charge in [-0.3, -0.25) is 20.2 Å². The Morgan fingerprint density at radius 2 is 1.95 bits per heavy atom. The first-order valence-corrected chi connectivity index (χ1v) is 5.62. The second-order valence-electron chi connectivity index (χ2n) is 3.76. The molecule has 1 aromatic carbocycles. The number of nitrogens with zero attached hydrogens (tertiary/aromatic N) is 4. The Morgan fingerprint density at radius 1 is 1.14 bits per heavy atom. The summed E-state index contributed by atoms with van der Waals surface area (Å²) in [5.74, 6) is -0.260. The lowest BCUT2D eigenvalue weighted by Crippen LogP contribution is -1.96. The van der Waals surface area contributed by atoms with E-state index in [0.29, 0.717) is 5.56 Å². The first-order chi connectivity index (χ1) is 10.1. The van der Waals surface area contributed by atoms with Crippen molar-refractivity contribution in [3.63, 3.8) is 0 Å². The molecule has 21 heavy (non-hydrogen) atoms. The first-order valence-electron chi connectivity index (χ1n) is 5.62. The van der Waals surface area contributed by atoms with Crippen molar-refractivity contribution in [2.45, 2.75) is 0 Å². The van der Waals surface area contributed by atoms with Crippen molar-refractivity contribution in [1.29, 1.82) is 0 Å². The second kappa shape index (κ2) is 6.19. The minimum atomic E-state index is -0.648. The number of benzene rings is 1. The van der Waals surface area contributed by atoms with Gasteiger partial charge in [0, 0.05) is 30.0 Å². The van der Waals surface area contributed by atoms with Gasteiger partial charge < -0.3 is 4.84 Å². The van der Waals surface area contributed by atoms with Crippen molar-refractivity contribution in [3.05, 3.63) is 68.4 Å². The summed E-state index contributed by atoms with van der Waals surface area (Å²) in [5, 5.41) is 24.9. The van der Waals surface area contributed by atoms with Crippen LogP contribution in [0.2, 0.25) is 0 Å². The minimum absolute atomic E-state index is 0.0947. The Bertz CT molecular complexity index is 716. The summed E-state index contributed by atoms with van der Waals surface area (Å²) in [5.41, 5.74) is -0.000701. The van der Waals surface area contributed by atoms with Crippen molar-refractivity contribution >= 4 is 17.6 Å². The smallest absolute Gasteiger partial charge is 0.329 e. The largest absolute Gasteiger partial charge is 0.333 e. The molecule has 2 aromatic rings. The molecule has 0 aliphatic carbocycles. The fourth-order valence-corrected chi connectivity index (χ4v) is 1.45. The monoisotopic (exact) mass is 288 g/mol. The molecular formula is C12H8N4O5. The molecule has 0 spiro atoms. The molecule has 0 amide bonds. The zero-order valence-corrected chi connectivity index (χ0v) is 10.4. The van der Waals surface area contributed by atoms with Crippen LogP contribution in [0, 0.1) is 20.2 Å². The quantitative estimate of drug-likeness (QED) is 0.472. The molecule has 0 atom stereocenters. The Labute approximate surface area is 117 Å². The topological polar surface area (TPSA) is 121 Å². The lowest BCUT2D eigenvalue weighted by molar-refractivity contribution is -0.386. The standard InChI is InChI=1S/C12H8N4O5/c17-15(18)10-4-1-3-9(7-10)8-14-21-12-11(16(19)20)5-2-6-13-12/h1-8H. The third kappa shape index (κ3) is 3.56. The van der Waals surface area contributed by atoms with Gasteiger partial charge >= 0.3 is 11.6 Å². The maximum atomic E-state index is 10.7. The Balaban J connectivity index is 2.15. The van der Waals surface area contributed by atoms with Crippen LogP contribution in [0.15, 0.2) is 47.8 Å². The van der Waals surface area contributed by atoms with Gasteiger partial charge in [0.1, 0.15) is 0 Å². The number of pyridine rings is 1. The van der Waals surface area contributed by atoms with Crippen molar-refractivity contribution in [1.82, 2.24) is 4.98 Å². The predicted molar refractivity (Wildman–Crippen MR) is 72.2 cm³/mol. The van der Waals surface area contributed by atoms with Gasteiger partial charge in [0.2, 0.25) is 0 Å². The highest BCUT2D eigenvalue weighted by Gasteiger charge is 2.15. The third-order valence-electron chi connectivity index (χ3n) is 2.37. The summed E-state index contributed by atoms with van der Waals surface area (Å²) in [6.07, 6.45) is 2.52. The molecule has 2 rings (SSSR count). The van der Waals surface area contributed by atoms with Crippen LogP contribution >= 0.6 is 0 Å². The maximum Gasteiger partial charge on any atom is 0.333 e. The van der Waals surface area contributed by atoms with Crippen LogP contribution < -0.4 is 4.84 Å². The van der Waals surface area contributed by atoms with Gasteiger partial charge in [0.05, 0.1) is 16.1 Å². The van der Waals surface area contributed by atoms with Crippen molar-refractivity contribution in [3.8, 4) is 5.88 Å². The summed E-state index contributed by atoms with van der Waals surface area (Å²) in [4.78, 5) is 28.7. The molecule has 0 N–H and O–H groups in total. The van der Waals surface area contributed by atoms with E-state index in [0.717, 1.165) is 0 Å². The van der Waals surface area contributed by atoms with Crippen molar-refractivity contribution in [2.24, 2.45) is 5.16 Å². The van der Waals surface area contributed by atoms with E-state index in [2.05, 4.69) is 10.1 Å². The minimum Gasteiger partial charge on any atom is -0.329 e. The lowest BCUT2D eigenvalue weighted by atomic mass is 10.2. The number of rotatable bonds is 5. The summed E-state index contributed by atoms with van der Waals surface area (Å²) >= 11 is 0. The lowest BCUT2D eigenvalue weighted by Gasteiger charge is -1.98. The van der Waals surface area contributed by atoms with Crippen LogP contribution in [0.25, 0.3) is 0 Å². The Morgan fingerprint density at radius 3 is 2.67 bits per heavy atom. The van der Waals surface area contributed by atoms with Crippen LogP contribution in [0.4, 0.5) is 11.4 Å². The van der Waals surface area contributed by atoms with Crippen molar-refractivity contribution in [2.75, 3.05) is 0 Å². The summed E-state index contributed by atoms with van der Waals surface area (Å²) in [6.45, 7) is 0. The van der Waals surface area contributed by atoms with Crippen LogP contribution in [0.3, 0.4) is 0 Å². The highest BCUT2D eigenvalue weighted by Crippen LogP contribution is 2.22. The molecule has 0 saturated carbocycles. The summed E-state index contributed by atoms with van der Waals surface area (Å²) in [7, 11) is 0. The third-order valence-corrected chi connectivity index (χ3v) is 2.37. The summed E-state index contributed by atoms with van der Waals surface area (Å²) < 4.78 is 0. The molecule has 0 bridgehead atoms. The Hall–Kier alpha value is -3.36. The van der Waals surface area contributed by atoms with Gasteiger partial charge in [-0.25, -0.2) is 4.98 Å². The van der Waals surface area contributed by atoms with E-state index < -0.39 is 9.85 Å². The average Bonchev–Trinajstić information content (AvgIpc) is 2.48. The fourth-order valence-electron chi connectivity index (χ4n) is 1.45. The van der Waals surface area contributed by atoms with Gasteiger partial charge in [-0.05, 0) is 6.07 Å². The number of oxime groups is 1. The zero-order chi connectivity index (χ0) is 15.2. The molecule has 0 aliphatic heterocycles. The highest BCUT2D eigenvalue weighted by molar-refractivity contribution is 5.80. The van der Waals surface area contributed by atoms with Gasteiger partial charge in [-0.1, -0.05) is 17.3 Å². The van der Waals surface area contributed by atoms with E-state index in [9.17, 15) is 20.2 Å². The van der Waals surface area contributed by atoms with Crippen LogP contribution in [-0.4, -0.2) is 21.0 Å². The van der Waals surface area contributed by atoms with Crippen LogP contribution in [0.5, 0.6) is 5.88 Å².